The second-order valence-corrected chi connectivity index (χ2v) is 5.16. The summed E-state index contributed by atoms with van der Waals surface area (Å²) in [7, 11) is 0. The topological polar surface area (TPSA) is 68.3 Å². The second-order valence-electron chi connectivity index (χ2n) is 5.16. The monoisotopic (exact) mass is 312 g/mol. The van der Waals surface area contributed by atoms with Crippen LogP contribution in [-0.4, -0.2) is 23.5 Å². The number of rotatable bonds is 5. The minimum absolute atomic E-state index is 0.129. The smallest absolute Gasteiger partial charge is 0.339 e. The predicted octanol–water partition coefficient (Wildman–Crippen LogP) is 3.06. The standard InChI is InChI=1S/C18H20N2O3/c1-4-23-18(22)15-10-11-16(19-13(15)3)17(21)20-12(2)14-8-6-5-7-9-14/h5-12H,4H2,1-3H3,(H,20,21). The number of nitrogens with one attached hydrogen (secondary N) is 1. The average molecular weight is 312 g/mol. The van der Waals surface area contributed by atoms with Crippen molar-refractivity contribution in [3.63, 3.8) is 0 Å². The maximum Gasteiger partial charge on any atom is 0.339 e. The minimum atomic E-state index is -0.429. The molecule has 1 atom stereocenters. The van der Waals surface area contributed by atoms with E-state index in [9.17, 15) is 9.59 Å². The first kappa shape index (κ1) is 16.7. The molecule has 1 aromatic carbocycles. The van der Waals surface area contributed by atoms with Crippen LogP contribution in [-0.2, 0) is 4.74 Å². The molecule has 0 radical (unpaired) electrons. The lowest BCUT2D eigenvalue weighted by atomic mass is 10.1. The Kier molecular flexibility index (Phi) is 5.46. The molecule has 0 aliphatic carbocycles. The van der Waals surface area contributed by atoms with Crippen molar-refractivity contribution >= 4 is 11.9 Å². The van der Waals surface area contributed by atoms with Crippen LogP contribution in [0.1, 0.15) is 52.0 Å². The van der Waals surface area contributed by atoms with Gasteiger partial charge in [0.2, 0.25) is 0 Å². The molecule has 120 valence electrons. The third-order valence-corrected chi connectivity index (χ3v) is 3.46. The lowest BCUT2D eigenvalue weighted by Gasteiger charge is -2.14. The summed E-state index contributed by atoms with van der Waals surface area (Å²) in [6, 6.07) is 12.7. The maximum atomic E-state index is 12.3. The first-order valence-corrected chi connectivity index (χ1v) is 7.53. The molecule has 0 aliphatic rings. The number of ether oxygens (including phenoxy) is 1. The van der Waals surface area contributed by atoms with Crippen molar-refractivity contribution in [3.05, 3.63) is 65.0 Å². The number of hydrogen-bond acceptors (Lipinski definition) is 4. The van der Waals surface area contributed by atoms with Crippen molar-refractivity contribution < 1.29 is 14.3 Å². The molecule has 1 N–H and O–H groups in total. The first-order valence-electron chi connectivity index (χ1n) is 7.53. The van der Waals surface area contributed by atoms with E-state index in [2.05, 4.69) is 10.3 Å². The molecule has 0 saturated carbocycles. The van der Waals surface area contributed by atoms with Gasteiger partial charge < -0.3 is 10.1 Å². The fourth-order valence-electron chi connectivity index (χ4n) is 2.21. The van der Waals surface area contributed by atoms with Crippen LogP contribution in [0.5, 0.6) is 0 Å². The molecule has 2 rings (SSSR count). The summed E-state index contributed by atoms with van der Waals surface area (Å²) in [6.07, 6.45) is 0. The number of aromatic nitrogens is 1. The molecule has 0 saturated heterocycles. The van der Waals surface area contributed by atoms with E-state index in [4.69, 9.17) is 4.74 Å². The predicted molar refractivity (Wildman–Crippen MR) is 87.3 cm³/mol. The molecule has 1 heterocycles. The van der Waals surface area contributed by atoms with Gasteiger partial charge in [-0.25, -0.2) is 9.78 Å². The summed E-state index contributed by atoms with van der Waals surface area (Å²) < 4.78 is 4.95. The number of pyridine rings is 1. The zero-order valence-corrected chi connectivity index (χ0v) is 13.5. The zero-order valence-electron chi connectivity index (χ0n) is 13.5. The van der Waals surface area contributed by atoms with E-state index in [0.29, 0.717) is 17.9 Å². The van der Waals surface area contributed by atoms with E-state index in [1.165, 1.54) is 6.07 Å². The Bertz CT molecular complexity index is 699. The van der Waals surface area contributed by atoms with Crippen LogP contribution < -0.4 is 5.32 Å². The van der Waals surface area contributed by atoms with Gasteiger partial charge in [0.15, 0.2) is 0 Å². The molecule has 0 aliphatic heterocycles. The van der Waals surface area contributed by atoms with E-state index in [-0.39, 0.29) is 17.6 Å². The van der Waals surface area contributed by atoms with Gasteiger partial charge in [-0.2, -0.15) is 0 Å². The Morgan fingerprint density at radius 2 is 1.87 bits per heavy atom. The fourth-order valence-corrected chi connectivity index (χ4v) is 2.21. The van der Waals surface area contributed by atoms with Crippen LogP contribution in [0.2, 0.25) is 0 Å². The number of amides is 1. The van der Waals surface area contributed by atoms with Crippen molar-refractivity contribution in [2.75, 3.05) is 6.61 Å². The molecule has 0 bridgehead atoms. The number of aryl methyl sites for hydroxylation is 1. The molecule has 5 heteroatoms. The summed E-state index contributed by atoms with van der Waals surface area (Å²) in [6.45, 7) is 5.64. The van der Waals surface area contributed by atoms with Crippen LogP contribution in [0.4, 0.5) is 0 Å². The molecule has 1 unspecified atom stereocenters. The van der Waals surface area contributed by atoms with E-state index in [1.54, 1.807) is 19.9 Å². The van der Waals surface area contributed by atoms with Gasteiger partial charge in [-0.15, -0.1) is 0 Å². The number of nitrogens with zero attached hydrogens (tertiary/aromatic N) is 1. The highest BCUT2D eigenvalue weighted by Crippen LogP contribution is 2.13. The molecular weight excluding hydrogens is 292 g/mol. The van der Waals surface area contributed by atoms with Crippen LogP contribution in [0, 0.1) is 6.92 Å². The Hall–Kier alpha value is -2.69. The summed E-state index contributed by atoms with van der Waals surface area (Å²) in [4.78, 5) is 28.3. The summed E-state index contributed by atoms with van der Waals surface area (Å²) in [5, 5.41) is 2.90. The van der Waals surface area contributed by atoms with Crippen molar-refractivity contribution in [1.29, 1.82) is 0 Å². The number of benzene rings is 1. The van der Waals surface area contributed by atoms with Gasteiger partial charge in [0.25, 0.3) is 5.91 Å². The molecule has 0 fully saturated rings. The van der Waals surface area contributed by atoms with Gasteiger partial charge in [-0.1, -0.05) is 30.3 Å². The number of esters is 1. The van der Waals surface area contributed by atoms with Gasteiger partial charge in [-0.3, -0.25) is 4.79 Å². The Labute approximate surface area is 135 Å². The van der Waals surface area contributed by atoms with Gasteiger partial charge in [0.05, 0.1) is 23.9 Å². The van der Waals surface area contributed by atoms with Crippen molar-refractivity contribution in [2.45, 2.75) is 26.8 Å². The molecule has 1 amide bonds. The van der Waals surface area contributed by atoms with Crippen molar-refractivity contribution in [1.82, 2.24) is 10.3 Å². The summed E-state index contributed by atoms with van der Waals surface area (Å²) >= 11 is 0. The van der Waals surface area contributed by atoms with Gasteiger partial charge in [0.1, 0.15) is 5.69 Å². The van der Waals surface area contributed by atoms with Crippen LogP contribution in [0.15, 0.2) is 42.5 Å². The van der Waals surface area contributed by atoms with Crippen molar-refractivity contribution in [3.8, 4) is 0 Å². The van der Waals surface area contributed by atoms with Gasteiger partial charge in [-0.05, 0) is 38.5 Å². The van der Waals surface area contributed by atoms with E-state index >= 15 is 0 Å². The lowest BCUT2D eigenvalue weighted by Crippen LogP contribution is -2.27. The average Bonchev–Trinajstić information content (AvgIpc) is 2.55. The highest BCUT2D eigenvalue weighted by Gasteiger charge is 2.16. The van der Waals surface area contributed by atoms with E-state index in [1.807, 2.05) is 37.3 Å². The molecular formula is C18H20N2O3. The molecule has 5 nitrogen and oxygen atoms in total. The van der Waals surface area contributed by atoms with E-state index in [0.717, 1.165) is 5.56 Å². The minimum Gasteiger partial charge on any atom is -0.462 e. The molecule has 2 aromatic rings. The van der Waals surface area contributed by atoms with Gasteiger partial charge >= 0.3 is 5.97 Å². The maximum absolute atomic E-state index is 12.3. The molecule has 1 aromatic heterocycles. The van der Waals surface area contributed by atoms with E-state index < -0.39 is 5.97 Å². The van der Waals surface area contributed by atoms with Crippen molar-refractivity contribution in [2.24, 2.45) is 0 Å². The van der Waals surface area contributed by atoms with Crippen LogP contribution >= 0.6 is 0 Å². The SMILES string of the molecule is CCOC(=O)c1ccc(C(=O)NC(C)c2ccccc2)nc1C. The largest absolute Gasteiger partial charge is 0.462 e. The Balaban J connectivity index is 2.11. The highest BCUT2D eigenvalue weighted by molar-refractivity contribution is 5.95. The fraction of sp³-hybridized carbons (Fsp3) is 0.278. The third-order valence-electron chi connectivity index (χ3n) is 3.46. The number of carbonyl (C=O) groups excluding carboxylic acids is 2. The third kappa shape index (κ3) is 4.16. The Morgan fingerprint density at radius 3 is 2.48 bits per heavy atom. The highest BCUT2D eigenvalue weighted by atomic mass is 16.5. The normalized spacial score (nSPS) is 11.6. The first-order chi connectivity index (χ1) is 11.0. The van der Waals surface area contributed by atoms with Gasteiger partial charge in [0, 0.05) is 0 Å². The quantitative estimate of drug-likeness (QED) is 0.862. The summed E-state index contributed by atoms with van der Waals surface area (Å²) in [5.74, 6) is -0.707. The van der Waals surface area contributed by atoms with Crippen LogP contribution in [0.25, 0.3) is 0 Å². The summed E-state index contributed by atoms with van der Waals surface area (Å²) in [5.41, 5.74) is 2.14. The number of hydrogen-bond donors (Lipinski definition) is 1. The number of carbonyl (C=O) groups is 2. The second kappa shape index (κ2) is 7.54. The molecule has 23 heavy (non-hydrogen) atoms. The molecule has 0 spiro atoms. The zero-order chi connectivity index (χ0) is 16.8. The van der Waals surface area contributed by atoms with Crippen LogP contribution in [0.3, 0.4) is 0 Å². The Morgan fingerprint density at radius 1 is 1.17 bits per heavy atom. The lowest BCUT2D eigenvalue weighted by molar-refractivity contribution is 0.0524.